The van der Waals surface area contributed by atoms with Crippen molar-refractivity contribution in [2.45, 2.75) is 17.7 Å². The second-order valence-electron chi connectivity index (χ2n) is 5.36. The van der Waals surface area contributed by atoms with E-state index in [2.05, 4.69) is 5.32 Å². The van der Waals surface area contributed by atoms with E-state index in [1.54, 1.807) is 12.1 Å². The Morgan fingerprint density at radius 2 is 2.16 bits per heavy atom. The molecule has 0 atom stereocenters. The van der Waals surface area contributed by atoms with Gasteiger partial charge in [-0.15, -0.1) is 11.8 Å². The molecule has 1 aliphatic heterocycles. The molecule has 2 N–H and O–H groups in total. The Hall–Kier alpha value is -2.36. The van der Waals surface area contributed by atoms with Crippen LogP contribution in [0.15, 0.2) is 23.1 Å². The van der Waals surface area contributed by atoms with Crippen LogP contribution in [-0.2, 0) is 9.59 Å². The highest BCUT2D eigenvalue weighted by molar-refractivity contribution is 8.00. The number of thioether (sulfide) groups is 1. The Bertz CT molecular complexity index is 687. The predicted octanol–water partition coefficient (Wildman–Crippen LogP) is 2.33. The van der Waals surface area contributed by atoms with Crippen molar-refractivity contribution < 1.29 is 28.3 Å². The highest BCUT2D eigenvalue weighted by atomic mass is 32.2. The van der Waals surface area contributed by atoms with Crippen LogP contribution in [0.5, 0.6) is 0 Å². The zero-order chi connectivity index (χ0) is 18.6. The van der Waals surface area contributed by atoms with Gasteiger partial charge in [0.25, 0.3) is 6.43 Å². The van der Waals surface area contributed by atoms with Gasteiger partial charge >= 0.3 is 12.0 Å². The third-order valence-electron chi connectivity index (χ3n) is 3.48. The van der Waals surface area contributed by atoms with E-state index < -0.39 is 30.9 Å². The number of rotatable bonds is 6. The Morgan fingerprint density at radius 3 is 2.80 bits per heavy atom. The fraction of sp³-hybridized carbons (Fsp3) is 0.400. The van der Waals surface area contributed by atoms with Crippen LogP contribution in [0.25, 0.3) is 0 Å². The summed E-state index contributed by atoms with van der Waals surface area (Å²) in [7, 11) is 1.44. The summed E-state index contributed by atoms with van der Waals surface area (Å²) in [5, 5.41) is 11.2. The Morgan fingerprint density at radius 1 is 1.44 bits per heavy atom. The first-order valence-corrected chi connectivity index (χ1v) is 8.35. The van der Waals surface area contributed by atoms with Crippen LogP contribution < -0.4 is 10.2 Å². The molecule has 0 bridgehead atoms. The number of carboxylic acids is 1. The van der Waals surface area contributed by atoms with E-state index in [1.807, 2.05) is 0 Å². The van der Waals surface area contributed by atoms with Crippen LogP contribution in [0.1, 0.15) is 6.42 Å². The van der Waals surface area contributed by atoms with E-state index in [1.165, 1.54) is 29.8 Å². The summed E-state index contributed by atoms with van der Waals surface area (Å²) in [6.45, 7) is -0.680. The molecule has 1 aromatic rings. The van der Waals surface area contributed by atoms with Crippen molar-refractivity contribution in [3.8, 4) is 0 Å². The molecule has 0 unspecified atom stereocenters. The van der Waals surface area contributed by atoms with Crippen LogP contribution in [0.2, 0.25) is 0 Å². The molecule has 0 fully saturated rings. The summed E-state index contributed by atoms with van der Waals surface area (Å²) >= 11 is 1.25. The molecule has 0 radical (unpaired) electrons. The number of amides is 3. The molecular weight excluding hydrogens is 356 g/mol. The molecule has 0 saturated heterocycles. The van der Waals surface area contributed by atoms with Crippen molar-refractivity contribution in [2.75, 3.05) is 36.1 Å². The molecule has 2 rings (SSSR count). The van der Waals surface area contributed by atoms with Gasteiger partial charge in [-0.2, -0.15) is 0 Å². The second-order valence-corrected chi connectivity index (χ2v) is 6.38. The number of carbonyl (C=O) groups excluding carboxylic acids is 2. The summed E-state index contributed by atoms with van der Waals surface area (Å²) in [6.07, 6.45) is -2.86. The van der Waals surface area contributed by atoms with Gasteiger partial charge in [0.1, 0.15) is 0 Å². The maximum atomic E-state index is 12.7. The highest BCUT2D eigenvalue weighted by Crippen LogP contribution is 2.37. The quantitative estimate of drug-likeness (QED) is 0.799. The van der Waals surface area contributed by atoms with E-state index >= 15 is 0 Å². The van der Waals surface area contributed by atoms with Crippen molar-refractivity contribution in [3.63, 3.8) is 0 Å². The molecule has 1 heterocycles. The molecule has 0 aromatic heterocycles. The number of alkyl halides is 2. The lowest BCUT2D eigenvalue weighted by atomic mass is 10.2. The lowest BCUT2D eigenvalue weighted by Crippen LogP contribution is -2.39. The van der Waals surface area contributed by atoms with E-state index in [0.29, 0.717) is 16.3 Å². The van der Waals surface area contributed by atoms with E-state index in [4.69, 9.17) is 5.11 Å². The van der Waals surface area contributed by atoms with Gasteiger partial charge in [-0.05, 0) is 18.2 Å². The first-order chi connectivity index (χ1) is 11.8. The Balaban J connectivity index is 2.13. The van der Waals surface area contributed by atoms with E-state index in [0.717, 1.165) is 4.90 Å². The van der Waals surface area contributed by atoms with Gasteiger partial charge in [0.15, 0.2) is 0 Å². The minimum absolute atomic E-state index is 0.0257. The van der Waals surface area contributed by atoms with Crippen LogP contribution in [0.3, 0.4) is 0 Å². The normalized spacial score (nSPS) is 13.6. The number of hydrogen-bond donors (Lipinski definition) is 2. The lowest BCUT2D eigenvalue weighted by molar-refractivity contribution is -0.137. The third kappa shape index (κ3) is 5.05. The van der Waals surface area contributed by atoms with Gasteiger partial charge in [0.2, 0.25) is 5.91 Å². The summed E-state index contributed by atoms with van der Waals surface area (Å²) in [6, 6.07) is 4.18. The number of anilines is 2. The molecule has 7 nitrogen and oxygen atoms in total. The minimum atomic E-state index is -2.67. The number of hydrogen-bond acceptors (Lipinski definition) is 4. The number of nitrogens with zero attached hydrogens (tertiary/aromatic N) is 2. The van der Waals surface area contributed by atoms with Gasteiger partial charge in [0.05, 0.1) is 24.4 Å². The topological polar surface area (TPSA) is 89.9 Å². The number of urea groups is 1. The van der Waals surface area contributed by atoms with Crippen LogP contribution in [0.4, 0.5) is 25.0 Å². The number of carbonyl (C=O) groups is 3. The monoisotopic (exact) mass is 373 g/mol. The Labute approximate surface area is 147 Å². The smallest absolute Gasteiger partial charge is 0.321 e. The first kappa shape index (κ1) is 19.0. The van der Waals surface area contributed by atoms with E-state index in [-0.39, 0.29) is 18.7 Å². The molecule has 1 aliphatic rings. The molecule has 0 saturated carbocycles. The molecular formula is C15H17F2N3O4S. The van der Waals surface area contributed by atoms with Gasteiger partial charge < -0.3 is 20.2 Å². The average molecular weight is 373 g/mol. The second kappa shape index (κ2) is 8.15. The number of aliphatic carboxylic acids is 1. The van der Waals surface area contributed by atoms with Crippen LogP contribution in [0, 0.1) is 0 Å². The summed E-state index contributed by atoms with van der Waals surface area (Å²) in [5.74, 6) is -1.35. The van der Waals surface area contributed by atoms with Crippen molar-refractivity contribution in [1.29, 1.82) is 0 Å². The predicted molar refractivity (Wildman–Crippen MR) is 89.4 cm³/mol. The van der Waals surface area contributed by atoms with Crippen LogP contribution in [-0.4, -0.2) is 60.2 Å². The molecule has 0 spiro atoms. The highest BCUT2D eigenvalue weighted by Gasteiger charge is 2.27. The van der Waals surface area contributed by atoms with Crippen LogP contribution >= 0.6 is 11.8 Å². The van der Waals surface area contributed by atoms with Crippen molar-refractivity contribution in [1.82, 2.24) is 4.90 Å². The molecule has 10 heteroatoms. The third-order valence-corrected chi connectivity index (χ3v) is 4.53. The summed E-state index contributed by atoms with van der Waals surface area (Å²) in [5.41, 5.74) is 0.660. The van der Waals surface area contributed by atoms with Gasteiger partial charge in [0, 0.05) is 24.2 Å². The fourth-order valence-corrected chi connectivity index (χ4v) is 3.12. The van der Waals surface area contributed by atoms with E-state index in [9.17, 15) is 23.2 Å². The number of benzene rings is 1. The van der Waals surface area contributed by atoms with Gasteiger partial charge in [-0.25, -0.2) is 13.6 Å². The number of nitrogens with one attached hydrogen (secondary N) is 1. The lowest BCUT2D eigenvalue weighted by Gasteiger charge is -2.29. The SMILES string of the molecule is CN(CCC(=O)O)C(=O)Nc1ccc2c(c1)N(CC(F)F)C(=O)CS2. The van der Waals surface area contributed by atoms with Crippen molar-refractivity contribution in [3.05, 3.63) is 18.2 Å². The minimum Gasteiger partial charge on any atom is -0.481 e. The fourth-order valence-electron chi connectivity index (χ4n) is 2.20. The van der Waals surface area contributed by atoms with Crippen molar-refractivity contribution in [2.24, 2.45) is 0 Å². The number of carboxylic acid groups (broad SMARTS) is 1. The standard InChI is InChI=1S/C15H17F2N3O4S/c1-19(5-4-14(22)23)15(24)18-9-2-3-11-10(6-9)20(7-12(16)17)13(21)8-25-11/h2-3,6,12H,4-5,7-8H2,1H3,(H,18,24)(H,22,23). The number of fused-ring (bicyclic) bond motifs is 1. The first-order valence-electron chi connectivity index (χ1n) is 7.37. The zero-order valence-electron chi connectivity index (χ0n) is 13.4. The van der Waals surface area contributed by atoms with Crippen molar-refractivity contribution >= 4 is 41.0 Å². The zero-order valence-corrected chi connectivity index (χ0v) is 14.2. The largest absolute Gasteiger partial charge is 0.481 e. The summed E-state index contributed by atoms with van der Waals surface area (Å²) in [4.78, 5) is 37.4. The Kier molecular flexibility index (Phi) is 6.18. The summed E-state index contributed by atoms with van der Waals surface area (Å²) < 4.78 is 25.5. The van der Waals surface area contributed by atoms with Gasteiger partial charge in [-0.1, -0.05) is 0 Å². The average Bonchev–Trinajstić information content (AvgIpc) is 2.55. The maximum absolute atomic E-state index is 12.7. The molecule has 0 aliphatic carbocycles. The maximum Gasteiger partial charge on any atom is 0.321 e. The molecule has 3 amide bonds. The number of halogens is 2. The molecule has 136 valence electrons. The molecule has 25 heavy (non-hydrogen) atoms. The van der Waals surface area contributed by atoms with Gasteiger partial charge in [-0.3, -0.25) is 9.59 Å². The molecule has 1 aromatic carbocycles.